The van der Waals surface area contributed by atoms with Gasteiger partial charge in [-0.3, -0.25) is 16.2 Å². The molecule has 0 unspecified atom stereocenters. The number of halogens is 3. The molecule has 3 saturated carbocycles. The molecular weight excluding hydrogens is 917 g/mol. The molecule has 3 fully saturated rings. The first-order valence-electron chi connectivity index (χ1n) is 25.4. The van der Waals surface area contributed by atoms with E-state index in [9.17, 15) is 15.8 Å². The Bertz CT molecular complexity index is 2090. The third-order valence-electron chi connectivity index (χ3n) is 15.4. The summed E-state index contributed by atoms with van der Waals surface area (Å²) < 4.78 is 0. The fourth-order valence-electron chi connectivity index (χ4n) is 10.7. The Kier molecular flexibility index (Phi) is 28.6. The zero-order valence-electron chi connectivity index (χ0n) is 41.9. The van der Waals surface area contributed by atoms with Crippen LogP contribution in [0.2, 0.25) is 0 Å². The van der Waals surface area contributed by atoms with Gasteiger partial charge in [-0.15, -0.1) is 37.2 Å². The minimum Gasteiger partial charge on any atom is -0.384 e. The molecule has 0 saturated heterocycles. The highest BCUT2D eigenvalue weighted by Gasteiger charge is 2.37. The van der Waals surface area contributed by atoms with Crippen molar-refractivity contribution in [1.29, 1.82) is 32.0 Å². The summed E-state index contributed by atoms with van der Waals surface area (Å²) in [6.45, 7) is 6.62. The highest BCUT2D eigenvalue weighted by molar-refractivity contribution is 5.95. The van der Waals surface area contributed by atoms with Crippen molar-refractivity contribution in [2.75, 3.05) is 0 Å². The number of hydrogen-bond acceptors (Lipinski definition) is 6. The van der Waals surface area contributed by atoms with Crippen LogP contribution in [0.4, 0.5) is 0 Å². The van der Waals surface area contributed by atoms with Crippen molar-refractivity contribution in [3.05, 3.63) is 106 Å². The van der Waals surface area contributed by atoms with E-state index in [1.165, 1.54) is 68.1 Å². The lowest BCUT2D eigenvalue weighted by Crippen LogP contribution is -2.25. The normalized spacial score (nSPS) is 23.6. The summed E-state index contributed by atoms with van der Waals surface area (Å²) >= 11 is 0. The van der Waals surface area contributed by atoms with E-state index in [1.807, 2.05) is 36.4 Å². The van der Waals surface area contributed by atoms with Gasteiger partial charge in [0.1, 0.15) is 17.5 Å². The minimum atomic E-state index is -0.0798. The van der Waals surface area contributed by atoms with E-state index in [-0.39, 0.29) is 71.0 Å². The van der Waals surface area contributed by atoms with Crippen LogP contribution in [0.25, 0.3) is 0 Å². The zero-order valence-corrected chi connectivity index (χ0v) is 44.4. The van der Waals surface area contributed by atoms with Crippen LogP contribution in [-0.4, -0.2) is 17.5 Å². The first-order chi connectivity index (χ1) is 31.8. The summed E-state index contributed by atoms with van der Waals surface area (Å²) in [5.74, 6) is 2.01. The molecule has 0 aliphatic heterocycles. The third kappa shape index (κ3) is 18.9. The van der Waals surface area contributed by atoms with Gasteiger partial charge in [-0.2, -0.15) is 15.8 Å². The first kappa shape index (κ1) is 62.4. The molecule has 0 atom stereocenters. The van der Waals surface area contributed by atoms with Crippen molar-refractivity contribution < 1.29 is 0 Å². The van der Waals surface area contributed by atoms with Gasteiger partial charge in [0, 0.05) is 16.7 Å². The minimum absolute atomic E-state index is 0. The largest absolute Gasteiger partial charge is 0.384 e. The van der Waals surface area contributed by atoms with Crippen LogP contribution < -0.4 is 17.2 Å². The van der Waals surface area contributed by atoms with Gasteiger partial charge in [0.2, 0.25) is 0 Å². The van der Waals surface area contributed by atoms with Crippen LogP contribution in [0.3, 0.4) is 0 Å². The van der Waals surface area contributed by atoms with Crippen LogP contribution in [0.15, 0.2) is 72.8 Å². The SMILES string of the molecule is CCCCC1(C#N)CCC(c2ccc(C(=N)N)cc2)CC1.CCCCCC1(C#N)CCC(c2ccc(C(=N)N)cc2)CC1.CCCCCCC1(C#N)CCC(c2ccc(C(=N)N)cc2)CC1.Cl.Cl.Cl. The first-order valence-corrected chi connectivity index (χ1v) is 25.4. The predicted octanol–water partition coefficient (Wildman–Crippen LogP) is 15.4. The lowest BCUT2D eigenvalue weighted by Gasteiger charge is -2.35. The molecule has 69 heavy (non-hydrogen) atoms. The zero-order chi connectivity index (χ0) is 48.0. The third-order valence-corrected chi connectivity index (χ3v) is 15.4. The van der Waals surface area contributed by atoms with E-state index in [2.05, 4.69) is 75.4 Å². The number of nitrogens with zero attached hydrogens (tertiary/aromatic N) is 3. The molecule has 0 spiro atoms. The van der Waals surface area contributed by atoms with Crippen LogP contribution in [0.5, 0.6) is 0 Å². The lowest BCUT2D eigenvalue weighted by molar-refractivity contribution is 0.223. The number of hydrogen-bond donors (Lipinski definition) is 6. The van der Waals surface area contributed by atoms with Gasteiger partial charge >= 0.3 is 0 Å². The number of nitrogens with two attached hydrogens (primary N) is 3. The second-order valence-corrected chi connectivity index (χ2v) is 20.0. The fraction of sp³-hybridized carbons (Fsp3) is 0.579. The maximum Gasteiger partial charge on any atom is 0.122 e. The molecule has 9 nitrogen and oxygen atoms in total. The molecule has 378 valence electrons. The fourth-order valence-corrected chi connectivity index (χ4v) is 10.7. The van der Waals surface area contributed by atoms with Gasteiger partial charge in [-0.05, 0) is 131 Å². The Labute approximate surface area is 434 Å². The van der Waals surface area contributed by atoms with Gasteiger partial charge in [0.25, 0.3) is 0 Å². The van der Waals surface area contributed by atoms with E-state index in [0.717, 1.165) is 119 Å². The van der Waals surface area contributed by atoms with Gasteiger partial charge in [-0.1, -0.05) is 151 Å². The number of nitrogens with one attached hydrogen (secondary N) is 3. The molecule has 3 aromatic rings. The topological polar surface area (TPSA) is 221 Å². The number of nitrogen functional groups attached to an aromatic ring is 3. The summed E-state index contributed by atoms with van der Waals surface area (Å²) in [5, 5.41) is 51.2. The Balaban J connectivity index is 0.000000507. The monoisotopic (exact) mass is 1000 g/mol. The van der Waals surface area contributed by atoms with E-state index in [0.29, 0.717) is 17.8 Å². The van der Waals surface area contributed by atoms with Gasteiger partial charge in [0.05, 0.1) is 34.5 Å². The van der Waals surface area contributed by atoms with E-state index >= 15 is 0 Å². The molecule has 6 rings (SSSR count). The van der Waals surface area contributed by atoms with E-state index in [1.54, 1.807) is 0 Å². The molecule has 0 radical (unpaired) electrons. The van der Waals surface area contributed by atoms with Crippen LogP contribution in [0, 0.1) is 66.5 Å². The molecule has 12 heteroatoms. The van der Waals surface area contributed by atoms with Gasteiger partial charge in [-0.25, -0.2) is 0 Å². The Morgan fingerprint density at radius 3 is 0.884 bits per heavy atom. The number of benzene rings is 3. The Morgan fingerprint density at radius 2 is 0.652 bits per heavy atom. The van der Waals surface area contributed by atoms with Crippen molar-refractivity contribution in [3.8, 4) is 18.2 Å². The quantitative estimate of drug-likeness (QED) is 0.0413. The van der Waals surface area contributed by atoms with Crippen LogP contribution in [0.1, 0.15) is 226 Å². The van der Waals surface area contributed by atoms with E-state index < -0.39 is 0 Å². The van der Waals surface area contributed by atoms with Crippen molar-refractivity contribution in [1.82, 2.24) is 0 Å². The molecule has 3 aliphatic rings. The van der Waals surface area contributed by atoms with Crippen molar-refractivity contribution in [3.63, 3.8) is 0 Å². The maximum atomic E-state index is 9.66. The highest BCUT2D eigenvalue weighted by atomic mass is 35.5. The van der Waals surface area contributed by atoms with Crippen molar-refractivity contribution in [2.24, 2.45) is 33.4 Å². The number of nitriles is 3. The number of rotatable bonds is 18. The highest BCUT2D eigenvalue weighted by Crippen LogP contribution is 2.48. The Hall–Kier alpha value is -4.59. The number of amidine groups is 3. The van der Waals surface area contributed by atoms with Crippen LogP contribution in [-0.2, 0) is 0 Å². The molecule has 9 N–H and O–H groups in total. The average Bonchev–Trinajstić information content (AvgIpc) is 3.36. The van der Waals surface area contributed by atoms with Gasteiger partial charge in [0.15, 0.2) is 0 Å². The average molecular weight is 1000 g/mol. The second kappa shape index (κ2) is 31.6. The summed E-state index contributed by atoms with van der Waals surface area (Å²) in [7, 11) is 0. The molecule has 3 aromatic carbocycles. The van der Waals surface area contributed by atoms with Crippen molar-refractivity contribution >= 4 is 54.7 Å². The van der Waals surface area contributed by atoms with Crippen molar-refractivity contribution in [2.45, 2.75) is 193 Å². The van der Waals surface area contributed by atoms with Crippen LogP contribution >= 0.6 is 37.2 Å². The Morgan fingerprint density at radius 1 is 0.420 bits per heavy atom. The summed E-state index contributed by atoms with van der Waals surface area (Å²) in [4.78, 5) is 0. The molecule has 0 aromatic heterocycles. The maximum absolute atomic E-state index is 9.66. The predicted molar refractivity (Wildman–Crippen MR) is 294 cm³/mol. The molecule has 0 heterocycles. The lowest BCUT2D eigenvalue weighted by atomic mass is 9.67. The van der Waals surface area contributed by atoms with E-state index in [4.69, 9.17) is 33.4 Å². The molecule has 0 amide bonds. The molecule has 0 bridgehead atoms. The molecule has 3 aliphatic carbocycles. The second-order valence-electron chi connectivity index (χ2n) is 20.0. The summed E-state index contributed by atoms with van der Waals surface area (Å²) in [6, 6.07) is 32.1. The molecular formula is C57H84Cl3N9. The standard InChI is InChI=1S/C20H29N3.C19H27N3.C18H25N3.3ClH/c1-2-3-4-5-12-20(15-21)13-10-17(11-14-20)16-6-8-18(9-7-16)19(22)23;1-2-3-4-11-19(14-20)12-9-16(10-13-19)15-5-7-17(8-6-15)18(21)22;1-2-3-10-18(13-19)11-8-15(9-12-18)14-4-6-16(7-5-14)17(20)21;;;/h6-9,17H,2-5,10-14H2,1H3,(H3,22,23);5-8,16H,2-4,9-13H2,1H3,(H3,21,22);4-7,15H,2-3,8-12H2,1H3,(H3,20,21);3*1H. The number of unbranched alkanes of at least 4 members (excludes halogenated alkanes) is 6. The van der Waals surface area contributed by atoms with Gasteiger partial charge < -0.3 is 17.2 Å². The summed E-state index contributed by atoms with van der Waals surface area (Å²) in [5.41, 5.74) is 22.6. The summed E-state index contributed by atoms with van der Waals surface area (Å²) in [6.07, 6.45) is 26.8. The smallest absolute Gasteiger partial charge is 0.122 e.